The molecule has 1 fully saturated rings. The normalized spacial score (nSPS) is 19.7. The summed E-state index contributed by atoms with van der Waals surface area (Å²) in [7, 11) is 0. The third kappa shape index (κ3) is 3.79. The van der Waals surface area contributed by atoms with Crippen LogP contribution in [0.2, 0.25) is 0 Å². The largest absolute Gasteiger partial charge is 0.330 e. The lowest BCUT2D eigenvalue weighted by Gasteiger charge is -2.35. The van der Waals surface area contributed by atoms with Crippen LogP contribution in [0.5, 0.6) is 0 Å². The minimum Gasteiger partial charge on any atom is -0.330 e. The maximum absolute atomic E-state index is 13.6. The standard InChI is InChI=1S/C16H23BrFN/c17-15-13(7-6-8-14(15)18)11-16(12-19)9-4-2-1-3-5-10-16/h6-8H,1-5,9-12,19H2. The van der Waals surface area contributed by atoms with Crippen LogP contribution in [0.3, 0.4) is 0 Å². The lowest BCUT2D eigenvalue weighted by atomic mass is 9.72. The van der Waals surface area contributed by atoms with Gasteiger partial charge < -0.3 is 5.73 Å². The molecule has 2 N–H and O–H groups in total. The number of hydrogen-bond donors (Lipinski definition) is 1. The van der Waals surface area contributed by atoms with E-state index in [0.29, 0.717) is 11.0 Å². The minimum absolute atomic E-state index is 0.163. The van der Waals surface area contributed by atoms with E-state index in [0.717, 1.165) is 12.0 Å². The summed E-state index contributed by atoms with van der Waals surface area (Å²) in [5, 5.41) is 0. The first-order chi connectivity index (χ1) is 9.17. The Morgan fingerprint density at radius 1 is 1.11 bits per heavy atom. The Morgan fingerprint density at radius 2 is 1.74 bits per heavy atom. The molecule has 0 unspecified atom stereocenters. The summed E-state index contributed by atoms with van der Waals surface area (Å²) in [5.74, 6) is -0.171. The fourth-order valence-electron chi connectivity index (χ4n) is 3.20. The molecule has 0 spiro atoms. The van der Waals surface area contributed by atoms with Crippen molar-refractivity contribution in [1.82, 2.24) is 0 Å². The fraction of sp³-hybridized carbons (Fsp3) is 0.625. The molecule has 1 aromatic rings. The molecule has 0 bridgehead atoms. The Balaban J connectivity index is 2.18. The van der Waals surface area contributed by atoms with Gasteiger partial charge in [-0.2, -0.15) is 0 Å². The molecule has 0 saturated heterocycles. The average molecular weight is 328 g/mol. The van der Waals surface area contributed by atoms with Crippen molar-refractivity contribution in [2.75, 3.05) is 6.54 Å². The molecular formula is C16H23BrFN. The van der Waals surface area contributed by atoms with Crippen LogP contribution in [0.25, 0.3) is 0 Å². The van der Waals surface area contributed by atoms with Gasteiger partial charge in [0, 0.05) is 0 Å². The molecule has 19 heavy (non-hydrogen) atoms. The van der Waals surface area contributed by atoms with E-state index in [-0.39, 0.29) is 11.2 Å². The molecule has 1 aliphatic carbocycles. The predicted octanol–water partition coefficient (Wildman–Crippen LogP) is 4.82. The molecule has 1 aromatic carbocycles. The molecule has 0 atom stereocenters. The molecule has 106 valence electrons. The summed E-state index contributed by atoms with van der Waals surface area (Å²) >= 11 is 3.38. The van der Waals surface area contributed by atoms with Crippen LogP contribution in [0.1, 0.15) is 50.5 Å². The van der Waals surface area contributed by atoms with Gasteiger partial charge in [0.2, 0.25) is 0 Å². The summed E-state index contributed by atoms with van der Waals surface area (Å²) < 4.78 is 14.2. The lowest BCUT2D eigenvalue weighted by molar-refractivity contribution is 0.216. The maximum Gasteiger partial charge on any atom is 0.137 e. The highest BCUT2D eigenvalue weighted by Crippen LogP contribution is 2.38. The van der Waals surface area contributed by atoms with Gasteiger partial charge in [0.25, 0.3) is 0 Å². The highest BCUT2D eigenvalue weighted by atomic mass is 79.9. The van der Waals surface area contributed by atoms with Gasteiger partial charge in [0.05, 0.1) is 4.47 Å². The molecular weight excluding hydrogens is 305 g/mol. The van der Waals surface area contributed by atoms with Crippen molar-refractivity contribution >= 4 is 15.9 Å². The zero-order chi connectivity index (χ0) is 13.7. The van der Waals surface area contributed by atoms with Crippen molar-refractivity contribution in [1.29, 1.82) is 0 Å². The first kappa shape index (κ1) is 15.0. The topological polar surface area (TPSA) is 26.0 Å². The number of hydrogen-bond acceptors (Lipinski definition) is 1. The second-order valence-corrected chi connectivity index (χ2v) is 6.65. The van der Waals surface area contributed by atoms with Gasteiger partial charge in [0.1, 0.15) is 5.82 Å². The number of benzene rings is 1. The smallest absolute Gasteiger partial charge is 0.137 e. The molecule has 1 nitrogen and oxygen atoms in total. The molecule has 0 aromatic heterocycles. The second-order valence-electron chi connectivity index (χ2n) is 5.86. The van der Waals surface area contributed by atoms with E-state index in [4.69, 9.17) is 5.73 Å². The third-order valence-corrected chi connectivity index (χ3v) is 5.33. The quantitative estimate of drug-likeness (QED) is 0.846. The highest BCUT2D eigenvalue weighted by Gasteiger charge is 2.30. The van der Waals surface area contributed by atoms with E-state index in [2.05, 4.69) is 15.9 Å². The molecule has 0 amide bonds. The third-order valence-electron chi connectivity index (χ3n) is 4.44. The van der Waals surface area contributed by atoms with Crippen molar-refractivity contribution in [3.05, 3.63) is 34.1 Å². The molecule has 0 radical (unpaired) electrons. The number of rotatable bonds is 3. The highest BCUT2D eigenvalue weighted by molar-refractivity contribution is 9.10. The first-order valence-corrected chi connectivity index (χ1v) is 8.09. The fourth-order valence-corrected chi connectivity index (χ4v) is 3.60. The van der Waals surface area contributed by atoms with Crippen LogP contribution in [-0.2, 0) is 6.42 Å². The Labute approximate surface area is 123 Å². The maximum atomic E-state index is 13.6. The van der Waals surface area contributed by atoms with E-state index >= 15 is 0 Å². The van der Waals surface area contributed by atoms with Gasteiger partial charge in [-0.15, -0.1) is 0 Å². The van der Waals surface area contributed by atoms with Crippen molar-refractivity contribution in [2.45, 2.75) is 51.4 Å². The van der Waals surface area contributed by atoms with Crippen molar-refractivity contribution in [2.24, 2.45) is 11.1 Å². The predicted molar refractivity (Wildman–Crippen MR) is 81.6 cm³/mol. The second kappa shape index (κ2) is 6.85. The van der Waals surface area contributed by atoms with Crippen LogP contribution in [-0.4, -0.2) is 6.54 Å². The number of halogens is 2. The molecule has 2 rings (SSSR count). The SMILES string of the molecule is NCC1(Cc2cccc(F)c2Br)CCCCCCC1. The monoisotopic (exact) mass is 327 g/mol. The van der Waals surface area contributed by atoms with E-state index in [1.165, 1.54) is 51.0 Å². The minimum atomic E-state index is -0.171. The van der Waals surface area contributed by atoms with E-state index in [1.807, 2.05) is 6.07 Å². The Kier molecular flexibility index (Phi) is 5.40. The van der Waals surface area contributed by atoms with Gasteiger partial charge in [-0.3, -0.25) is 0 Å². The molecule has 0 aliphatic heterocycles. The van der Waals surface area contributed by atoms with E-state index < -0.39 is 0 Å². The Morgan fingerprint density at radius 3 is 2.37 bits per heavy atom. The van der Waals surface area contributed by atoms with Gasteiger partial charge in [-0.1, -0.05) is 44.2 Å². The van der Waals surface area contributed by atoms with Crippen LogP contribution < -0.4 is 5.73 Å². The zero-order valence-corrected chi connectivity index (χ0v) is 13.0. The average Bonchev–Trinajstić information content (AvgIpc) is 2.38. The molecule has 3 heteroatoms. The Bertz CT molecular complexity index is 411. The summed E-state index contributed by atoms with van der Waals surface area (Å²) in [5.41, 5.74) is 7.31. The van der Waals surface area contributed by atoms with Gasteiger partial charge in [0.15, 0.2) is 0 Å². The van der Waals surface area contributed by atoms with Gasteiger partial charge in [-0.25, -0.2) is 4.39 Å². The lowest BCUT2D eigenvalue weighted by Crippen LogP contribution is -2.33. The number of nitrogens with two attached hydrogens (primary N) is 1. The van der Waals surface area contributed by atoms with Gasteiger partial charge in [-0.05, 0) is 58.8 Å². The van der Waals surface area contributed by atoms with Gasteiger partial charge >= 0.3 is 0 Å². The van der Waals surface area contributed by atoms with Crippen LogP contribution in [0.15, 0.2) is 22.7 Å². The molecule has 0 heterocycles. The van der Waals surface area contributed by atoms with E-state index in [1.54, 1.807) is 6.07 Å². The summed E-state index contributed by atoms with van der Waals surface area (Å²) in [4.78, 5) is 0. The Hall–Kier alpha value is -0.410. The van der Waals surface area contributed by atoms with Crippen LogP contribution in [0.4, 0.5) is 4.39 Å². The summed E-state index contributed by atoms with van der Waals surface area (Å²) in [6, 6.07) is 5.31. The first-order valence-electron chi connectivity index (χ1n) is 7.30. The van der Waals surface area contributed by atoms with Crippen molar-refractivity contribution in [3.63, 3.8) is 0 Å². The van der Waals surface area contributed by atoms with Crippen LogP contribution >= 0.6 is 15.9 Å². The van der Waals surface area contributed by atoms with E-state index in [9.17, 15) is 4.39 Å². The summed E-state index contributed by atoms with van der Waals surface area (Å²) in [6.45, 7) is 0.704. The van der Waals surface area contributed by atoms with Crippen LogP contribution in [0, 0.1) is 11.2 Å². The van der Waals surface area contributed by atoms with Crippen molar-refractivity contribution < 1.29 is 4.39 Å². The molecule has 1 aliphatic rings. The summed E-state index contributed by atoms with van der Waals surface area (Å²) in [6.07, 6.45) is 9.72. The van der Waals surface area contributed by atoms with Crippen molar-refractivity contribution in [3.8, 4) is 0 Å². The zero-order valence-electron chi connectivity index (χ0n) is 11.4. The molecule has 1 saturated carbocycles.